The van der Waals surface area contributed by atoms with Crippen molar-refractivity contribution >= 4 is 23.4 Å². The molecule has 0 N–H and O–H groups in total. The summed E-state index contributed by atoms with van der Waals surface area (Å²) in [4.78, 5) is 26.0. The molecule has 0 saturated carbocycles. The summed E-state index contributed by atoms with van der Waals surface area (Å²) in [6.45, 7) is 5.06. The van der Waals surface area contributed by atoms with Crippen LogP contribution in [-0.4, -0.2) is 37.9 Å². The summed E-state index contributed by atoms with van der Waals surface area (Å²) in [6, 6.07) is 8.73. The molecule has 0 radical (unpaired) electrons. The Kier molecular flexibility index (Phi) is 5.14. The minimum absolute atomic E-state index is 0.0590. The second-order valence-electron chi connectivity index (χ2n) is 6.25. The first-order chi connectivity index (χ1) is 12.8. The number of nitrogens with zero attached hydrogens (tertiary/aromatic N) is 4. The fourth-order valence-corrected chi connectivity index (χ4v) is 2.88. The number of ketones is 1. The highest BCUT2D eigenvalue weighted by Gasteiger charge is 2.21. The number of aryl methyl sites for hydroxylation is 2. The molecule has 0 atom stereocenters. The van der Waals surface area contributed by atoms with Gasteiger partial charge in [0, 0.05) is 29.0 Å². The second-order valence-corrected chi connectivity index (χ2v) is 6.68. The van der Waals surface area contributed by atoms with Gasteiger partial charge in [-0.05, 0) is 45.0 Å². The summed E-state index contributed by atoms with van der Waals surface area (Å²) in [5.74, 6) is -0.955. The zero-order valence-electron chi connectivity index (χ0n) is 15.5. The summed E-state index contributed by atoms with van der Waals surface area (Å²) in [6.07, 6.45) is 0. The van der Waals surface area contributed by atoms with Crippen LogP contribution in [0.15, 0.2) is 30.3 Å². The third-order valence-corrected chi connectivity index (χ3v) is 4.66. The molecule has 2 aromatic heterocycles. The van der Waals surface area contributed by atoms with Gasteiger partial charge in [-0.2, -0.15) is 9.90 Å². The minimum atomic E-state index is -0.695. The van der Waals surface area contributed by atoms with Gasteiger partial charge in [-0.3, -0.25) is 4.79 Å². The molecule has 0 aliphatic heterocycles. The number of carbonyl (C=O) groups is 2. The monoisotopic (exact) mass is 386 g/mol. The molecule has 3 aromatic rings. The highest BCUT2D eigenvalue weighted by Crippen LogP contribution is 2.16. The molecular formula is C19H19ClN4O3. The van der Waals surface area contributed by atoms with E-state index in [1.807, 2.05) is 25.5 Å². The molecular weight excluding hydrogens is 368 g/mol. The smallest absolute Gasteiger partial charge is 0.361 e. The molecule has 0 amide bonds. The van der Waals surface area contributed by atoms with Crippen LogP contribution in [0.4, 0.5) is 0 Å². The average molecular weight is 387 g/mol. The summed E-state index contributed by atoms with van der Waals surface area (Å²) in [7, 11) is 1.88. The molecule has 0 aliphatic carbocycles. The van der Waals surface area contributed by atoms with E-state index in [1.54, 1.807) is 37.3 Å². The molecule has 1 aromatic carbocycles. The van der Waals surface area contributed by atoms with Crippen molar-refractivity contribution in [2.75, 3.05) is 6.61 Å². The van der Waals surface area contributed by atoms with E-state index in [4.69, 9.17) is 16.3 Å². The number of esters is 1. The number of hydrogen-bond donors (Lipinski definition) is 0. The Morgan fingerprint density at radius 3 is 2.52 bits per heavy atom. The Hall–Kier alpha value is -2.93. The number of ether oxygens (including phenoxy) is 1. The summed E-state index contributed by atoms with van der Waals surface area (Å²) >= 11 is 5.97. The molecule has 0 fully saturated rings. The number of Topliss-reactive ketones (excluding diaryl/α,β-unsaturated/α-hetero) is 1. The lowest BCUT2D eigenvalue weighted by atomic mass is 10.1. The maximum atomic E-state index is 12.4. The Morgan fingerprint density at radius 1 is 1.15 bits per heavy atom. The van der Waals surface area contributed by atoms with Gasteiger partial charge in [0.25, 0.3) is 0 Å². The molecule has 0 spiro atoms. The van der Waals surface area contributed by atoms with Crippen LogP contribution >= 0.6 is 11.6 Å². The van der Waals surface area contributed by atoms with E-state index < -0.39 is 5.97 Å². The Balaban J connectivity index is 1.73. The van der Waals surface area contributed by atoms with Crippen LogP contribution < -0.4 is 0 Å². The first-order valence-corrected chi connectivity index (χ1v) is 8.69. The van der Waals surface area contributed by atoms with Crippen molar-refractivity contribution in [3.05, 3.63) is 63.7 Å². The van der Waals surface area contributed by atoms with E-state index in [9.17, 15) is 9.59 Å². The Labute approximate surface area is 161 Å². The predicted molar refractivity (Wildman–Crippen MR) is 101 cm³/mol. The zero-order chi connectivity index (χ0) is 19.7. The topological polar surface area (TPSA) is 79.0 Å². The molecule has 0 bridgehead atoms. The quantitative estimate of drug-likeness (QED) is 0.497. The van der Waals surface area contributed by atoms with Gasteiger partial charge >= 0.3 is 5.97 Å². The number of rotatable bonds is 5. The molecule has 3 rings (SSSR count). The molecule has 0 saturated heterocycles. The summed E-state index contributed by atoms with van der Waals surface area (Å²) in [5.41, 5.74) is 3.42. The van der Waals surface area contributed by atoms with Gasteiger partial charge in [-0.15, -0.1) is 5.10 Å². The zero-order valence-corrected chi connectivity index (χ0v) is 16.2. The third kappa shape index (κ3) is 3.78. The van der Waals surface area contributed by atoms with Crippen molar-refractivity contribution in [2.24, 2.45) is 7.05 Å². The Morgan fingerprint density at radius 2 is 1.89 bits per heavy atom. The fraction of sp³-hybridized carbons (Fsp3) is 0.263. The minimum Gasteiger partial charge on any atom is -0.452 e. The third-order valence-electron chi connectivity index (χ3n) is 4.42. The SMILES string of the molecule is Cc1nn(-c2cccc(Cl)c2)nc1C(=O)OCC(=O)c1cc(C)n(C)c1C. The van der Waals surface area contributed by atoms with Gasteiger partial charge in [0.2, 0.25) is 5.78 Å². The summed E-state index contributed by atoms with van der Waals surface area (Å²) in [5, 5.41) is 8.91. The second kappa shape index (κ2) is 7.36. The molecule has 7 nitrogen and oxygen atoms in total. The first kappa shape index (κ1) is 18.8. The lowest BCUT2D eigenvalue weighted by Crippen LogP contribution is -2.16. The van der Waals surface area contributed by atoms with Gasteiger partial charge in [0.15, 0.2) is 12.3 Å². The van der Waals surface area contributed by atoms with Crippen LogP contribution in [0.3, 0.4) is 0 Å². The molecule has 140 valence electrons. The average Bonchev–Trinajstić information content (AvgIpc) is 3.15. The lowest BCUT2D eigenvalue weighted by molar-refractivity contribution is 0.0467. The lowest BCUT2D eigenvalue weighted by Gasteiger charge is -2.04. The van der Waals surface area contributed by atoms with E-state index in [-0.39, 0.29) is 18.1 Å². The molecule has 2 heterocycles. The number of aromatic nitrogens is 4. The van der Waals surface area contributed by atoms with Crippen molar-refractivity contribution in [1.82, 2.24) is 19.6 Å². The fourth-order valence-electron chi connectivity index (χ4n) is 2.70. The normalized spacial score (nSPS) is 10.9. The van der Waals surface area contributed by atoms with Crippen molar-refractivity contribution in [2.45, 2.75) is 20.8 Å². The summed E-state index contributed by atoms with van der Waals surface area (Å²) < 4.78 is 7.08. The number of hydrogen-bond acceptors (Lipinski definition) is 5. The van der Waals surface area contributed by atoms with Crippen LogP contribution in [0.2, 0.25) is 5.02 Å². The highest BCUT2D eigenvalue weighted by molar-refractivity contribution is 6.30. The van der Waals surface area contributed by atoms with Gasteiger partial charge in [0.1, 0.15) is 0 Å². The number of benzene rings is 1. The van der Waals surface area contributed by atoms with E-state index in [1.165, 1.54) is 4.80 Å². The van der Waals surface area contributed by atoms with Crippen LogP contribution in [-0.2, 0) is 11.8 Å². The predicted octanol–water partition coefficient (Wildman–Crippen LogP) is 3.22. The van der Waals surface area contributed by atoms with Crippen molar-refractivity contribution < 1.29 is 14.3 Å². The van der Waals surface area contributed by atoms with E-state index in [2.05, 4.69) is 10.2 Å². The van der Waals surface area contributed by atoms with Crippen molar-refractivity contribution in [3.63, 3.8) is 0 Å². The van der Waals surface area contributed by atoms with Crippen LogP contribution in [0.25, 0.3) is 5.69 Å². The Bertz CT molecular complexity index is 1040. The molecule has 0 aliphatic rings. The highest BCUT2D eigenvalue weighted by atomic mass is 35.5. The largest absolute Gasteiger partial charge is 0.452 e. The molecule has 27 heavy (non-hydrogen) atoms. The van der Waals surface area contributed by atoms with Crippen LogP contribution in [0.5, 0.6) is 0 Å². The van der Waals surface area contributed by atoms with Crippen molar-refractivity contribution in [1.29, 1.82) is 0 Å². The van der Waals surface area contributed by atoms with E-state index >= 15 is 0 Å². The van der Waals surface area contributed by atoms with E-state index in [0.29, 0.717) is 22.0 Å². The number of halogens is 1. The van der Waals surface area contributed by atoms with E-state index in [0.717, 1.165) is 11.4 Å². The molecule has 8 heteroatoms. The maximum Gasteiger partial charge on any atom is 0.361 e. The van der Waals surface area contributed by atoms with Gasteiger partial charge in [0.05, 0.1) is 11.4 Å². The van der Waals surface area contributed by atoms with Gasteiger partial charge in [-0.25, -0.2) is 4.79 Å². The number of carbonyl (C=O) groups excluding carboxylic acids is 2. The molecule has 0 unspecified atom stereocenters. The van der Waals surface area contributed by atoms with Crippen LogP contribution in [0, 0.1) is 20.8 Å². The van der Waals surface area contributed by atoms with Crippen molar-refractivity contribution in [3.8, 4) is 5.69 Å². The standard InChI is InChI=1S/C19H19ClN4O3/c1-11-8-16(13(3)23(11)4)17(25)10-27-19(26)18-12(2)21-24(22-18)15-7-5-6-14(20)9-15/h5-9H,10H2,1-4H3. The van der Waals surface area contributed by atoms with Crippen LogP contribution in [0.1, 0.15) is 37.9 Å². The van der Waals surface area contributed by atoms with Gasteiger partial charge < -0.3 is 9.30 Å². The van der Waals surface area contributed by atoms with Gasteiger partial charge in [-0.1, -0.05) is 17.7 Å². The first-order valence-electron chi connectivity index (χ1n) is 8.31. The maximum absolute atomic E-state index is 12.4.